The van der Waals surface area contributed by atoms with E-state index < -0.39 is 0 Å². The van der Waals surface area contributed by atoms with Crippen molar-refractivity contribution in [1.82, 2.24) is 10.2 Å². The van der Waals surface area contributed by atoms with Crippen LogP contribution in [-0.2, 0) is 0 Å². The first-order valence-corrected chi connectivity index (χ1v) is 5.57. The molecule has 4 heteroatoms. The van der Waals surface area contributed by atoms with Gasteiger partial charge in [0.15, 0.2) is 0 Å². The maximum absolute atomic E-state index is 11.7. The summed E-state index contributed by atoms with van der Waals surface area (Å²) >= 11 is 0. The highest BCUT2D eigenvalue weighted by Crippen LogP contribution is 2.25. The van der Waals surface area contributed by atoms with Crippen molar-refractivity contribution >= 4 is 6.03 Å². The van der Waals surface area contributed by atoms with E-state index in [1.54, 1.807) is 4.90 Å². The molecule has 0 aromatic heterocycles. The number of nitrogens with two attached hydrogens (primary N) is 1. The molecule has 0 bridgehead atoms. The van der Waals surface area contributed by atoms with E-state index in [1.807, 2.05) is 27.8 Å². The Bertz CT molecular complexity index is 228. The van der Waals surface area contributed by atoms with Crippen LogP contribution in [0.3, 0.4) is 0 Å². The summed E-state index contributed by atoms with van der Waals surface area (Å²) in [6.45, 7) is 6.77. The number of amides is 2. The van der Waals surface area contributed by atoms with Gasteiger partial charge in [0.05, 0.1) is 0 Å². The summed E-state index contributed by atoms with van der Waals surface area (Å²) in [7, 11) is 1.84. The molecule has 0 aromatic carbocycles. The zero-order chi connectivity index (χ0) is 11.6. The second-order valence-electron chi connectivity index (χ2n) is 5.66. The molecule has 0 saturated heterocycles. The Labute approximate surface area is 92.2 Å². The third-order valence-electron chi connectivity index (χ3n) is 2.63. The molecule has 1 rings (SSSR count). The highest BCUT2D eigenvalue weighted by atomic mass is 16.2. The molecule has 0 atom stereocenters. The summed E-state index contributed by atoms with van der Waals surface area (Å²) in [6.07, 6.45) is 2.10. The van der Waals surface area contributed by atoms with Crippen molar-refractivity contribution in [3.63, 3.8) is 0 Å². The zero-order valence-electron chi connectivity index (χ0n) is 10.2. The highest BCUT2D eigenvalue weighted by molar-refractivity contribution is 5.74. The van der Waals surface area contributed by atoms with Crippen LogP contribution in [0.5, 0.6) is 0 Å². The molecule has 15 heavy (non-hydrogen) atoms. The Hall–Kier alpha value is -0.770. The van der Waals surface area contributed by atoms with Crippen LogP contribution in [0, 0.1) is 5.92 Å². The first-order valence-electron chi connectivity index (χ1n) is 5.57. The predicted octanol–water partition coefficient (Wildman–Crippen LogP) is 1.16. The Morgan fingerprint density at radius 1 is 1.47 bits per heavy atom. The first kappa shape index (κ1) is 12.3. The van der Waals surface area contributed by atoms with Crippen molar-refractivity contribution in [3.8, 4) is 0 Å². The molecular formula is C11H23N3O. The van der Waals surface area contributed by atoms with Crippen LogP contribution in [0.4, 0.5) is 4.79 Å². The average molecular weight is 213 g/mol. The van der Waals surface area contributed by atoms with Gasteiger partial charge in [-0.2, -0.15) is 0 Å². The number of hydrogen-bond acceptors (Lipinski definition) is 2. The van der Waals surface area contributed by atoms with E-state index in [-0.39, 0.29) is 11.6 Å². The molecule has 1 aliphatic carbocycles. The monoisotopic (exact) mass is 213 g/mol. The van der Waals surface area contributed by atoms with Gasteiger partial charge in [0.2, 0.25) is 0 Å². The van der Waals surface area contributed by atoms with E-state index >= 15 is 0 Å². The Kier molecular flexibility index (Phi) is 3.60. The SMILES string of the molecule is CN(CC1CC(N)C1)C(=O)NC(C)(C)C. The summed E-state index contributed by atoms with van der Waals surface area (Å²) in [5.74, 6) is 0.593. The third kappa shape index (κ3) is 4.08. The summed E-state index contributed by atoms with van der Waals surface area (Å²) in [5.41, 5.74) is 5.54. The Morgan fingerprint density at radius 2 is 2.00 bits per heavy atom. The number of nitrogens with one attached hydrogen (secondary N) is 1. The number of carbonyl (C=O) groups is 1. The number of nitrogens with zero attached hydrogens (tertiary/aromatic N) is 1. The average Bonchev–Trinajstić information content (AvgIpc) is 1.98. The van der Waals surface area contributed by atoms with Gasteiger partial charge in [0.25, 0.3) is 0 Å². The number of carbonyl (C=O) groups excluding carboxylic acids is 1. The minimum atomic E-state index is -0.165. The van der Waals surface area contributed by atoms with Crippen LogP contribution in [-0.4, -0.2) is 36.1 Å². The van der Waals surface area contributed by atoms with Crippen LogP contribution in [0.1, 0.15) is 33.6 Å². The van der Waals surface area contributed by atoms with Crippen molar-refractivity contribution in [1.29, 1.82) is 0 Å². The van der Waals surface area contributed by atoms with Crippen LogP contribution in [0.2, 0.25) is 0 Å². The van der Waals surface area contributed by atoms with E-state index in [2.05, 4.69) is 5.32 Å². The number of urea groups is 1. The van der Waals surface area contributed by atoms with Gasteiger partial charge in [-0.05, 0) is 39.5 Å². The first-order chi connectivity index (χ1) is 6.78. The van der Waals surface area contributed by atoms with Gasteiger partial charge in [-0.1, -0.05) is 0 Å². The van der Waals surface area contributed by atoms with E-state index in [1.165, 1.54) is 0 Å². The maximum Gasteiger partial charge on any atom is 0.317 e. The summed E-state index contributed by atoms with van der Waals surface area (Å²) < 4.78 is 0. The fourth-order valence-electron chi connectivity index (χ4n) is 1.82. The molecule has 1 aliphatic rings. The van der Waals surface area contributed by atoms with Gasteiger partial charge in [0.1, 0.15) is 0 Å². The predicted molar refractivity (Wildman–Crippen MR) is 61.6 cm³/mol. The molecule has 1 saturated carbocycles. The molecule has 0 radical (unpaired) electrons. The van der Waals surface area contributed by atoms with Gasteiger partial charge in [-0.15, -0.1) is 0 Å². The minimum absolute atomic E-state index is 0.00275. The van der Waals surface area contributed by atoms with Crippen LogP contribution >= 0.6 is 0 Å². The third-order valence-corrected chi connectivity index (χ3v) is 2.63. The molecule has 3 N–H and O–H groups in total. The second-order valence-corrected chi connectivity index (χ2v) is 5.66. The van der Waals surface area contributed by atoms with Crippen molar-refractivity contribution in [3.05, 3.63) is 0 Å². The quantitative estimate of drug-likeness (QED) is 0.723. The molecule has 0 aromatic rings. The molecule has 0 aliphatic heterocycles. The molecule has 2 amide bonds. The van der Waals surface area contributed by atoms with Gasteiger partial charge < -0.3 is 16.0 Å². The van der Waals surface area contributed by atoms with E-state index in [0.717, 1.165) is 19.4 Å². The molecule has 0 unspecified atom stereocenters. The van der Waals surface area contributed by atoms with Gasteiger partial charge >= 0.3 is 6.03 Å². The van der Waals surface area contributed by atoms with E-state index in [4.69, 9.17) is 5.73 Å². The van der Waals surface area contributed by atoms with Crippen molar-refractivity contribution in [2.75, 3.05) is 13.6 Å². The lowest BCUT2D eigenvalue weighted by atomic mass is 9.81. The van der Waals surface area contributed by atoms with Crippen LogP contribution in [0.25, 0.3) is 0 Å². The highest BCUT2D eigenvalue weighted by Gasteiger charge is 2.28. The van der Waals surface area contributed by atoms with E-state index in [9.17, 15) is 4.79 Å². The fraction of sp³-hybridized carbons (Fsp3) is 0.909. The molecule has 0 heterocycles. The van der Waals surface area contributed by atoms with Crippen molar-refractivity contribution in [2.45, 2.75) is 45.2 Å². The Morgan fingerprint density at radius 3 is 2.40 bits per heavy atom. The van der Waals surface area contributed by atoms with Gasteiger partial charge in [0, 0.05) is 25.2 Å². The fourth-order valence-corrected chi connectivity index (χ4v) is 1.82. The minimum Gasteiger partial charge on any atom is -0.333 e. The second kappa shape index (κ2) is 4.39. The number of hydrogen-bond donors (Lipinski definition) is 2. The van der Waals surface area contributed by atoms with Crippen LogP contribution < -0.4 is 11.1 Å². The molecular weight excluding hydrogens is 190 g/mol. The standard InChI is InChI=1S/C11H23N3O/c1-11(2,3)13-10(15)14(4)7-8-5-9(12)6-8/h8-9H,5-7,12H2,1-4H3,(H,13,15). The topological polar surface area (TPSA) is 58.4 Å². The lowest BCUT2D eigenvalue weighted by Gasteiger charge is -2.36. The molecule has 4 nitrogen and oxygen atoms in total. The van der Waals surface area contributed by atoms with Gasteiger partial charge in [-0.3, -0.25) is 0 Å². The maximum atomic E-state index is 11.7. The van der Waals surface area contributed by atoms with Gasteiger partial charge in [-0.25, -0.2) is 4.79 Å². The normalized spacial score (nSPS) is 25.7. The summed E-state index contributed by atoms with van der Waals surface area (Å²) in [6, 6.07) is 0.358. The molecule has 88 valence electrons. The smallest absolute Gasteiger partial charge is 0.317 e. The zero-order valence-corrected chi connectivity index (χ0v) is 10.2. The molecule has 0 spiro atoms. The lowest BCUT2D eigenvalue weighted by Crippen LogP contribution is -2.50. The summed E-state index contributed by atoms with van der Waals surface area (Å²) in [5, 5.41) is 2.94. The van der Waals surface area contributed by atoms with Crippen LogP contribution in [0.15, 0.2) is 0 Å². The largest absolute Gasteiger partial charge is 0.333 e. The van der Waals surface area contributed by atoms with E-state index in [0.29, 0.717) is 12.0 Å². The van der Waals surface area contributed by atoms with Crippen molar-refractivity contribution < 1.29 is 4.79 Å². The number of rotatable bonds is 2. The summed E-state index contributed by atoms with van der Waals surface area (Å²) in [4.78, 5) is 13.5. The lowest BCUT2D eigenvalue weighted by molar-refractivity contribution is 0.166. The molecule has 1 fully saturated rings. The Balaban J connectivity index is 2.27. The van der Waals surface area contributed by atoms with Crippen molar-refractivity contribution in [2.24, 2.45) is 11.7 Å².